The van der Waals surface area contributed by atoms with E-state index in [0.717, 1.165) is 27.6 Å². The van der Waals surface area contributed by atoms with E-state index in [-0.39, 0.29) is 5.38 Å². The first kappa shape index (κ1) is 14.1. The molecule has 0 bridgehead atoms. The Labute approximate surface area is 131 Å². The molecule has 0 radical (unpaired) electrons. The van der Waals surface area contributed by atoms with Crippen LogP contribution in [0.4, 0.5) is 0 Å². The third kappa shape index (κ3) is 2.65. The number of halogens is 1. The topological polar surface area (TPSA) is 54.5 Å². The molecule has 0 saturated carbocycles. The smallest absolute Gasteiger partial charge is 0.128 e. The minimum atomic E-state index is -0.205. The number of imidazole rings is 1. The van der Waals surface area contributed by atoms with Crippen LogP contribution >= 0.6 is 22.9 Å². The molecule has 0 N–H and O–H groups in total. The van der Waals surface area contributed by atoms with Crippen LogP contribution in [0.3, 0.4) is 0 Å². The summed E-state index contributed by atoms with van der Waals surface area (Å²) in [5.74, 6) is 0.801. The fourth-order valence-corrected chi connectivity index (χ4v) is 3.22. The van der Waals surface area contributed by atoms with Crippen molar-refractivity contribution in [1.82, 2.24) is 14.5 Å². The van der Waals surface area contributed by atoms with Gasteiger partial charge in [0.15, 0.2) is 0 Å². The molecule has 1 atom stereocenters. The predicted molar refractivity (Wildman–Crippen MR) is 84.7 cm³/mol. The minimum absolute atomic E-state index is 0.205. The molecule has 0 aliphatic rings. The zero-order valence-electron chi connectivity index (χ0n) is 11.7. The van der Waals surface area contributed by atoms with E-state index in [1.54, 1.807) is 17.4 Å². The summed E-state index contributed by atoms with van der Waals surface area (Å²) in [6.07, 6.45) is 0. The summed E-state index contributed by atoms with van der Waals surface area (Å²) in [5.41, 5.74) is 3.40. The summed E-state index contributed by atoms with van der Waals surface area (Å²) >= 11 is 7.88. The number of hydrogen-bond acceptors (Lipinski definition) is 4. The van der Waals surface area contributed by atoms with Crippen LogP contribution in [0, 0.1) is 18.3 Å². The number of nitrogens with zero attached hydrogens (tertiary/aromatic N) is 4. The van der Waals surface area contributed by atoms with Crippen molar-refractivity contribution in [2.24, 2.45) is 0 Å². The van der Waals surface area contributed by atoms with E-state index in [2.05, 4.69) is 16.0 Å². The maximum atomic E-state index is 9.08. The monoisotopic (exact) mass is 316 g/mol. The highest BCUT2D eigenvalue weighted by atomic mass is 35.5. The van der Waals surface area contributed by atoms with E-state index in [4.69, 9.17) is 16.9 Å². The first-order chi connectivity index (χ1) is 10.1. The molecule has 0 aliphatic heterocycles. The van der Waals surface area contributed by atoms with Gasteiger partial charge in [0, 0.05) is 11.1 Å². The second kappa shape index (κ2) is 5.47. The standard InChI is InChI=1S/C15H13ClN4S/c1-9-8-21-14(18-9)7-20-13-5-11(6-17)3-4-12(13)19-15(20)10(2)16/h3-5,8,10H,7H2,1-2H3. The molecule has 2 aromatic heterocycles. The number of aryl methyl sites for hydroxylation is 1. The predicted octanol–water partition coefficient (Wildman–Crippen LogP) is 4.02. The number of thiazole rings is 1. The Bertz CT molecular complexity index is 841. The lowest BCUT2D eigenvalue weighted by atomic mass is 10.2. The molecular formula is C15H13ClN4S. The van der Waals surface area contributed by atoms with Crippen molar-refractivity contribution in [2.45, 2.75) is 25.8 Å². The van der Waals surface area contributed by atoms with Gasteiger partial charge >= 0.3 is 0 Å². The van der Waals surface area contributed by atoms with Crippen LogP contribution in [-0.4, -0.2) is 14.5 Å². The molecule has 0 amide bonds. The van der Waals surface area contributed by atoms with Gasteiger partial charge in [-0.2, -0.15) is 5.26 Å². The van der Waals surface area contributed by atoms with E-state index in [1.807, 2.05) is 35.9 Å². The average molecular weight is 317 g/mol. The lowest BCUT2D eigenvalue weighted by molar-refractivity contribution is 0.737. The number of benzene rings is 1. The summed E-state index contributed by atoms with van der Waals surface area (Å²) in [6, 6.07) is 7.65. The highest BCUT2D eigenvalue weighted by Crippen LogP contribution is 2.26. The first-order valence-electron chi connectivity index (χ1n) is 6.54. The molecule has 0 fully saturated rings. The highest BCUT2D eigenvalue weighted by Gasteiger charge is 2.16. The Morgan fingerprint density at radius 3 is 2.86 bits per heavy atom. The highest BCUT2D eigenvalue weighted by molar-refractivity contribution is 7.09. The molecule has 1 unspecified atom stereocenters. The summed E-state index contributed by atoms with van der Waals surface area (Å²) in [5, 5.41) is 11.9. The van der Waals surface area contributed by atoms with Gasteiger partial charge in [-0.15, -0.1) is 22.9 Å². The van der Waals surface area contributed by atoms with Crippen molar-refractivity contribution in [3.8, 4) is 6.07 Å². The molecule has 3 aromatic rings. The fraction of sp³-hybridized carbons (Fsp3) is 0.267. The maximum Gasteiger partial charge on any atom is 0.128 e. The summed E-state index contributed by atoms with van der Waals surface area (Å²) in [6.45, 7) is 4.50. The third-order valence-corrected chi connectivity index (χ3v) is 4.37. The second-order valence-corrected chi connectivity index (χ2v) is 6.47. The van der Waals surface area contributed by atoms with Crippen molar-refractivity contribution < 1.29 is 0 Å². The van der Waals surface area contributed by atoms with Crippen molar-refractivity contribution in [3.05, 3.63) is 45.7 Å². The maximum absolute atomic E-state index is 9.08. The van der Waals surface area contributed by atoms with Gasteiger partial charge in [0.05, 0.1) is 34.6 Å². The van der Waals surface area contributed by atoms with Crippen LogP contribution < -0.4 is 0 Å². The van der Waals surface area contributed by atoms with Crippen LogP contribution in [0.2, 0.25) is 0 Å². The Morgan fingerprint density at radius 1 is 1.43 bits per heavy atom. The largest absolute Gasteiger partial charge is 0.320 e. The van der Waals surface area contributed by atoms with E-state index >= 15 is 0 Å². The molecule has 4 nitrogen and oxygen atoms in total. The van der Waals surface area contributed by atoms with E-state index in [0.29, 0.717) is 12.1 Å². The van der Waals surface area contributed by atoms with E-state index in [1.165, 1.54) is 0 Å². The van der Waals surface area contributed by atoms with Gasteiger partial charge in [0.1, 0.15) is 10.8 Å². The van der Waals surface area contributed by atoms with Crippen LogP contribution in [-0.2, 0) is 6.54 Å². The normalized spacial score (nSPS) is 12.5. The Morgan fingerprint density at radius 2 is 2.24 bits per heavy atom. The Kier molecular flexibility index (Phi) is 3.66. The zero-order valence-corrected chi connectivity index (χ0v) is 13.2. The summed E-state index contributed by atoms with van der Waals surface area (Å²) in [7, 11) is 0. The molecule has 106 valence electrons. The molecular weight excluding hydrogens is 304 g/mol. The fourth-order valence-electron chi connectivity index (χ4n) is 2.29. The van der Waals surface area contributed by atoms with Crippen LogP contribution in [0.15, 0.2) is 23.6 Å². The molecule has 2 heterocycles. The van der Waals surface area contributed by atoms with Crippen LogP contribution in [0.5, 0.6) is 0 Å². The number of nitriles is 1. The van der Waals surface area contributed by atoms with E-state index in [9.17, 15) is 0 Å². The SMILES string of the molecule is Cc1csc(Cn2c(C(C)Cl)nc3ccc(C#N)cc32)n1. The quantitative estimate of drug-likeness (QED) is 0.686. The first-order valence-corrected chi connectivity index (χ1v) is 7.85. The Balaban J connectivity index is 2.17. The van der Waals surface area contributed by atoms with Gasteiger partial charge in [0.25, 0.3) is 0 Å². The zero-order chi connectivity index (χ0) is 15.0. The number of alkyl halides is 1. The number of fused-ring (bicyclic) bond motifs is 1. The van der Waals surface area contributed by atoms with Crippen molar-refractivity contribution in [3.63, 3.8) is 0 Å². The molecule has 21 heavy (non-hydrogen) atoms. The molecule has 6 heteroatoms. The van der Waals surface area contributed by atoms with Crippen LogP contribution in [0.25, 0.3) is 11.0 Å². The average Bonchev–Trinajstić information content (AvgIpc) is 3.03. The van der Waals surface area contributed by atoms with Gasteiger partial charge in [-0.3, -0.25) is 0 Å². The van der Waals surface area contributed by atoms with Gasteiger partial charge in [0.2, 0.25) is 0 Å². The van der Waals surface area contributed by atoms with Gasteiger partial charge in [-0.1, -0.05) is 0 Å². The minimum Gasteiger partial charge on any atom is -0.320 e. The molecule has 3 rings (SSSR count). The van der Waals surface area contributed by atoms with Crippen molar-refractivity contribution >= 4 is 34.0 Å². The van der Waals surface area contributed by atoms with Crippen LogP contribution in [0.1, 0.15) is 34.4 Å². The number of hydrogen-bond donors (Lipinski definition) is 0. The number of aromatic nitrogens is 3. The molecule has 0 spiro atoms. The molecule has 0 saturated heterocycles. The number of rotatable bonds is 3. The van der Waals surface area contributed by atoms with Crippen molar-refractivity contribution in [1.29, 1.82) is 5.26 Å². The van der Waals surface area contributed by atoms with E-state index < -0.39 is 0 Å². The van der Waals surface area contributed by atoms with Gasteiger partial charge in [-0.05, 0) is 32.0 Å². The van der Waals surface area contributed by atoms with Gasteiger partial charge in [-0.25, -0.2) is 9.97 Å². The molecule has 0 aliphatic carbocycles. The second-order valence-electron chi connectivity index (χ2n) is 4.87. The third-order valence-electron chi connectivity index (χ3n) is 3.22. The summed E-state index contributed by atoms with van der Waals surface area (Å²) < 4.78 is 2.05. The Hall–Kier alpha value is -1.90. The summed E-state index contributed by atoms with van der Waals surface area (Å²) in [4.78, 5) is 9.09. The van der Waals surface area contributed by atoms with Gasteiger partial charge < -0.3 is 4.57 Å². The lowest BCUT2D eigenvalue weighted by Gasteiger charge is -2.08. The molecule has 1 aromatic carbocycles. The van der Waals surface area contributed by atoms with Crippen molar-refractivity contribution in [2.75, 3.05) is 0 Å². The lowest BCUT2D eigenvalue weighted by Crippen LogP contribution is -2.05.